The molecule has 0 radical (unpaired) electrons. The fourth-order valence-corrected chi connectivity index (χ4v) is 5.27. The first kappa shape index (κ1) is 18.4. The molecule has 5 rings (SSSR count). The zero-order valence-electron chi connectivity index (χ0n) is 16.9. The van der Waals surface area contributed by atoms with Crippen LogP contribution in [0.25, 0.3) is 0 Å². The molecule has 1 saturated carbocycles. The molecule has 1 aromatic heterocycles. The normalized spacial score (nSPS) is 25.4. The van der Waals surface area contributed by atoms with Crippen LogP contribution in [0.15, 0.2) is 36.4 Å². The van der Waals surface area contributed by atoms with Gasteiger partial charge in [-0.3, -0.25) is 4.79 Å². The van der Waals surface area contributed by atoms with Crippen LogP contribution in [0.4, 0.5) is 4.79 Å². The molecule has 2 aromatic rings. The van der Waals surface area contributed by atoms with Crippen LogP contribution >= 0.6 is 0 Å². The monoisotopic (exact) mass is 392 g/mol. The first-order valence-electron chi connectivity index (χ1n) is 10.7. The number of likely N-dealkylation sites (tertiary alicyclic amines) is 1. The molecule has 1 spiro atoms. The molecule has 6 nitrogen and oxygen atoms in total. The van der Waals surface area contributed by atoms with Crippen LogP contribution in [-0.2, 0) is 6.42 Å². The van der Waals surface area contributed by atoms with Crippen molar-refractivity contribution in [3.8, 4) is 0 Å². The number of nitrogens with one attached hydrogen (secondary N) is 1. The molecule has 2 aliphatic heterocycles. The van der Waals surface area contributed by atoms with Gasteiger partial charge in [0.05, 0.1) is 5.69 Å². The standard InChI is InChI=1S/C23H28N4O2/c1-16-11-20-14-23(15-21(28)27(20)25-16)7-9-26(10-8-23)22(29)24-19-12-18(13-19)17-5-3-2-4-6-17/h2-6,11,18-19H,7-10,12-15H2,1H3,(H,24,29). The number of rotatable bonds is 2. The summed E-state index contributed by atoms with van der Waals surface area (Å²) in [5.41, 5.74) is 3.29. The van der Waals surface area contributed by atoms with E-state index in [4.69, 9.17) is 0 Å². The summed E-state index contributed by atoms with van der Waals surface area (Å²) >= 11 is 0. The van der Waals surface area contributed by atoms with Crippen LogP contribution in [0.5, 0.6) is 0 Å². The predicted octanol–water partition coefficient (Wildman–Crippen LogP) is 3.52. The summed E-state index contributed by atoms with van der Waals surface area (Å²) in [4.78, 5) is 27.2. The van der Waals surface area contributed by atoms with Gasteiger partial charge in [-0.2, -0.15) is 5.10 Å². The Morgan fingerprint density at radius 3 is 2.59 bits per heavy atom. The highest BCUT2D eigenvalue weighted by Gasteiger charge is 2.43. The first-order chi connectivity index (χ1) is 14.0. The smallest absolute Gasteiger partial charge is 0.317 e. The van der Waals surface area contributed by atoms with Crippen molar-refractivity contribution in [3.05, 3.63) is 53.3 Å². The number of urea groups is 1. The third-order valence-corrected chi connectivity index (χ3v) is 7.07. The van der Waals surface area contributed by atoms with Crippen molar-refractivity contribution in [2.75, 3.05) is 13.1 Å². The quantitative estimate of drug-likeness (QED) is 0.850. The highest BCUT2D eigenvalue weighted by Crippen LogP contribution is 2.42. The molecule has 0 atom stereocenters. The van der Waals surface area contributed by atoms with E-state index in [1.54, 1.807) is 4.68 Å². The molecular weight excluding hydrogens is 364 g/mol. The number of nitrogens with zero attached hydrogens (tertiary/aromatic N) is 3. The second kappa shape index (κ2) is 7.01. The largest absolute Gasteiger partial charge is 0.335 e. The lowest BCUT2D eigenvalue weighted by atomic mass is 9.70. The first-order valence-corrected chi connectivity index (χ1v) is 10.7. The van der Waals surface area contributed by atoms with Crippen LogP contribution in [0.3, 0.4) is 0 Å². The summed E-state index contributed by atoms with van der Waals surface area (Å²) in [5.74, 6) is 0.659. The number of carbonyl (C=O) groups is 2. The lowest BCUT2D eigenvalue weighted by molar-refractivity contribution is 0.0602. The maximum Gasteiger partial charge on any atom is 0.317 e. The molecule has 152 valence electrons. The van der Waals surface area contributed by atoms with Gasteiger partial charge in [0, 0.05) is 31.2 Å². The Kier molecular flexibility index (Phi) is 4.45. The van der Waals surface area contributed by atoms with Crippen molar-refractivity contribution in [2.24, 2.45) is 5.41 Å². The second-order valence-corrected chi connectivity index (χ2v) is 9.15. The number of carbonyl (C=O) groups excluding carboxylic acids is 2. The Bertz CT molecular complexity index is 922. The molecule has 6 heteroatoms. The van der Waals surface area contributed by atoms with Crippen LogP contribution in [0.1, 0.15) is 59.8 Å². The Morgan fingerprint density at radius 2 is 1.86 bits per heavy atom. The van der Waals surface area contributed by atoms with E-state index in [9.17, 15) is 9.59 Å². The Labute approximate surface area is 171 Å². The number of fused-ring (bicyclic) bond motifs is 1. The maximum absolute atomic E-state index is 12.7. The van der Waals surface area contributed by atoms with Gasteiger partial charge in [-0.25, -0.2) is 9.48 Å². The minimum atomic E-state index is -0.00872. The van der Waals surface area contributed by atoms with Gasteiger partial charge in [0.25, 0.3) is 0 Å². The predicted molar refractivity (Wildman–Crippen MR) is 110 cm³/mol. The number of piperidine rings is 1. The van der Waals surface area contributed by atoms with Crippen molar-refractivity contribution in [1.82, 2.24) is 20.0 Å². The molecule has 1 saturated heterocycles. The summed E-state index contributed by atoms with van der Waals surface area (Å²) in [5, 5.41) is 7.53. The van der Waals surface area contributed by atoms with Crippen LogP contribution < -0.4 is 5.32 Å². The number of aromatic nitrogens is 2. The summed E-state index contributed by atoms with van der Waals surface area (Å²) < 4.78 is 1.58. The van der Waals surface area contributed by atoms with Crippen molar-refractivity contribution >= 4 is 11.9 Å². The lowest BCUT2D eigenvalue weighted by Gasteiger charge is -2.44. The fraction of sp³-hybridized carbons (Fsp3) is 0.522. The van der Waals surface area contributed by atoms with Gasteiger partial charge in [0.15, 0.2) is 0 Å². The van der Waals surface area contributed by atoms with Crippen LogP contribution in [0.2, 0.25) is 0 Å². The minimum Gasteiger partial charge on any atom is -0.335 e. The third-order valence-electron chi connectivity index (χ3n) is 7.07. The van der Waals surface area contributed by atoms with Gasteiger partial charge in [0.1, 0.15) is 0 Å². The summed E-state index contributed by atoms with van der Waals surface area (Å²) in [6.07, 6.45) is 5.23. The molecule has 0 bridgehead atoms. The highest BCUT2D eigenvalue weighted by molar-refractivity contribution is 5.81. The van der Waals surface area contributed by atoms with Gasteiger partial charge in [-0.05, 0) is 62.0 Å². The summed E-state index contributed by atoms with van der Waals surface area (Å²) in [6.45, 7) is 3.38. The topological polar surface area (TPSA) is 67.2 Å². The van der Waals surface area contributed by atoms with Gasteiger partial charge < -0.3 is 10.2 Å². The number of benzene rings is 1. The number of hydrogen-bond donors (Lipinski definition) is 1. The van der Waals surface area contributed by atoms with Crippen molar-refractivity contribution < 1.29 is 9.59 Å². The van der Waals surface area contributed by atoms with Crippen molar-refractivity contribution in [2.45, 2.75) is 57.4 Å². The molecule has 1 N–H and O–H groups in total. The second-order valence-electron chi connectivity index (χ2n) is 9.15. The molecule has 29 heavy (non-hydrogen) atoms. The van der Waals surface area contributed by atoms with E-state index < -0.39 is 0 Å². The van der Waals surface area contributed by atoms with Crippen LogP contribution in [-0.4, -0.2) is 45.8 Å². The summed E-state index contributed by atoms with van der Waals surface area (Å²) in [7, 11) is 0. The Morgan fingerprint density at radius 1 is 1.14 bits per heavy atom. The SMILES string of the molecule is Cc1cc2n(n1)C(=O)CC1(CCN(C(=O)NC3CC(c4ccccc4)C3)CC1)C2. The van der Waals surface area contributed by atoms with E-state index in [1.807, 2.05) is 24.0 Å². The highest BCUT2D eigenvalue weighted by atomic mass is 16.2. The van der Waals surface area contributed by atoms with E-state index in [0.717, 1.165) is 56.6 Å². The fourth-order valence-electron chi connectivity index (χ4n) is 5.27. The maximum atomic E-state index is 12.7. The lowest BCUT2D eigenvalue weighted by Crippen LogP contribution is -2.53. The number of amides is 2. The molecule has 2 fully saturated rings. The molecule has 0 unspecified atom stereocenters. The number of aryl methyl sites for hydroxylation is 1. The zero-order chi connectivity index (χ0) is 20.0. The number of hydrogen-bond acceptors (Lipinski definition) is 3. The summed E-state index contributed by atoms with van der Waals surface area (Å²) in [6, 6.07) is 12.9. The zero-order valence-corrected chi connectivity index (χ0v) is 16.9. The molecule has 3 aliphatic rings. The van der Waals surface area contributed by atoms with Gasteiger partial charge in [0.2, 0.25) is 5.91 Å². The molecule has 1 aromatic carbocycles. The van der Waals surface area contributed by atoms with Gasteiger partial charge >= 0.3 is 6.03 Å². The molecular formula is C23H28N4O2. The van der Waals surface area contributed by atoms with Gasteiger partial charge in [-0.1, -0.05) is 30.3 Å². The third kappa shape index (κ3) is 3.45. The molecule has 1 aliphatic carbocycles. The Balaban J connectivity index is 1.14. The van der Waals surface area contributed by atoms with E-state index in [1.165, 1.54) is 5.56 Å². The minimum absolute atomic E-state index is 0.00872. The average molecular weight is 393 g/mol. The van der Waals surface area contributed by atoms with Crippen LogP contribution in [0, 0.1) is 12.3 Å². The van der Waals surface area contributed by atoms with Crippen molar-refractivity contribution in [3.63, 3.8) is 0 Å². The van der Waals surface area contributed by atoms with Crippen molar-refractivity contribution in [1.29, 1.82) is 0 Å². The van der Waals surface area contributed by atoms with E-state index in [2.05, 4.69) is 34.7 Å². The van der Waals surface area contributed by atoms with E-state index in [-0.39, 0.29) is 23.4 Å². The van der Waals surface area contributed by atoms with Gasteiger partial charge in [-0.15, -0.1) is 0 Å². The molecule has 3 heterocycles. The van der Waals surface area contributed by atoms with E-state index >= 15 is 0 Å². The molecule has 2 amide bonds. The Hall–Kier alpha value is -2.63. The van der Waals surface area contributed by atoms with E-state index in [0.29, 0.717) is 12.3 Å². The average Bonchev–Trinajstić information content (AvgIpc) is 3.06.